The number of hydrogen-bond donors (Lipinski definition) is 1. The van der Waals surface area contributed by atoms with Crippen molar-refractivity contribution in [2.24, 2.45) is 10.2 Å². The predicted octanol–water partition coefficient (Wildman–Crippen LogP) is 6.84. The standard InChI is InChI=1S/C28H30N2O/c1-27(2,3)23-15-18(16-24(26(23)31)28(4,5)6)17-29-30-25-21-13-9-7-11-19(21)20-12-8-10-14-22(20)25/h7-17,31H,1-6H3. The number of benzene rings is 3. The van der Waals surface area contributed by atoms with Gasteiger partial charge in [-0.1, -0.05) is 90.1 Å². The maximum Gasteiger partial charge on any atom is 0.123 e. The summed E-state index contributed by atoms with van der Waals surface area (Å²) >= 11 is 0. The average Bonchev–Trinajstić information content (AvgIpc) is 3.01. The lowest BCUT2D eigenvalue weighted by Crippen LogP contribution is -2.17. The van der Waals surface area contributed by atoms with Gasteiger partial charge in [-0.15, -0.1) is 5.10 Å². The van der Waals surface area contributed by atoms with Crippen molar-refractivity contribution in [2.45, 2.75) is 52.4 Å². The van der Waals surface area contributed by atoms with E-state index < -0.39 is 0 Å². The van der Waals surface area contributed by atoms with Crippen LogP contribution in [0.1, 0.15) is 69.4 Å². The lowest BCUT2D eigenvalue weighted by Gasteiger charge is -2.27. The van der Waals surface area contributed by atoms with Crippen LogP contribution in [0.3, 0.4) is 0 Å². The summed E-state index contributed by atoms with van der Waals surface area (Å²) in [6, 6.07) is 20.7. The van der Waals surface area contributed by atoms with Crippen molar-refractivity contribution < 1.29 is 5.11 Å². The number of fused-ring (bicyclic) bond motifs is 3. The molecule has 3 aromatic rings. The molecule has 31 heavy (non-hydrogen) atoms. The van der Waals surface area contributed by atoms with Gasteiger partial charge in [0.1, 0.15) is 11.5 Å². The lowest BCUT2D eigenvalue weighted by molar-refractivity contribution is 0.423. The highest BCUT2D eigenvalue weighted by atomic mass is 16.3. The molecule has 0 heterocycles. The molecule has 0 fully saturated rings. The molecule has 0 aromatic heterocycles. The number of phenolic OH excluding ortho intramolecular Hbond substituents is 1. The maximum atomic E-state index is 10.9. The molecule has 158 valence electrons. The van der Waals surface area contributed by atoms with Gasteiger partial charge in [-0.3, -0.25) is 0 Å². The highest BCUT2D eigenvalue weighted by Gasteiger charge is 2.26. The molecule has 0 aliphatic heterocycles. The first kappa shape index (κ1) is 21.0. The molecule has 3 aromatic carbocycles. The second-order valence-electron chi connectivity index (χ2n) is 10.2. The van der Waals surface area contributed by atoms with Gasteiger partial charge in [0.15, 0.2) is 0 Å². The zero-order valence-corrected chi connectivity index (χ0v) is 19.2. The Bertz CT molecular complexity index is 1120. The first-order valence-corrected chi connectivity index (χ1v) is 10.8. The molecule has 0 bridgehead atoms. The van der Waals surface area contributed by atoms with Crippen LogP contribution in [0.15, 0.2) is 70.9 Å². The van der Waals surface area contributed by atoms with Gasteiger partial charge in [0.05, 0.1) is 6.21 Å². The largest absolute Gasteiger partial charge is 0.507 e. The average molecular weight is 411 g/mol. The number of nitrogens with zero attached hydrogens (tertiary/aromatic N) is 2. The molecule has 1 aliphatic rings. The monoisotopic (exact) mass is 410 g/mol. The normalized spacial score (nSPS) is 13.4. The van der Waals surface area contributed by atoms with Crippen LogP contribution in [0.4, 0.5) is 0 Å². The van der Waals surface area contributed by atoms with Crippen LogP contribution in [0, 0.1) is 0 Å². The molecular formula is C28H30N2O. The fourth-order valence-electron chi connectivity index (χ4n) is 4.13. The molecule has 3 heteroatoms. The predicted molar refractivity (Wildman–Crippen MR) is 131 cm³/mol. The Morgan fingerprint density at radius 3 is 1.52 bits per heavy atom. The van der Waals surface area contributed by atoms with Crippen molar-refractivity contribution in [3.8, 4) is 16.9 Å². The summed E-state index contributed by atoms with van der Waals surface area (Å²) in [7, 11) is 0. The van der Waals surface area contributed by atoms with Crippen LogP contribution in [-0.4, -0.2) is 17.0 Å². The third-order valence-electron chi connectivity index (χ3n) is 5.77. The van der Waals surface area contributed by atoms with E-state index in [0.717, 1.165) is 33.5 Å². The minimum absolute atomic E-state index is 0.177. The molecule has 4 rings (SSSR count). The molecule has 0 saturated heterocycles. The van der Waals surface area contributed by atoms with E-state index in [2.05, 4.69) is 88.1 Å². The van der Waals surface area contributed by atoms with E-state index in [4.69, 9.17) is 0 Å². The van der Waals surface area contributed by atoms with Crippen LogP contribution in [0.2, 0.25) is 0 Å². The van der Waals surface area contributed by atoms with E-state index in [1.54, 1.807) is 6.21 Å². The van der Waals surface area contributed by atoms with Crippen LogP contribution in [0.25, 0.3) is 11.1 Å². The summed E-state index contributed by atoms with van der Waals surface area (Å²) in [6.45, 7) is 12.7. The van der Waals surface area contributed by atoms with E-state index in [0.29, 0.717) is 5.75 Å². The van der Waals surface area contributed by atoms with Crippen LogP contribution in [-0.2, 0) is 10.8 Å². The summed E-state index contributed by atoms with van der Waals surface area (Å²) in [5, 5.41) is 20.0. The van der Waals surface area contributed by atoms with Gasteiger partial charge in [0.2, 0.25) is 0 Å². The van der Waals surface area contributed by atoms with Crippen molar-refractivity contribution in [3.05, 3.63) is 88.5 Å². The van der Waals surface area contributed by atoms with Crippen molar-refractivity contribution in [1.82, 2.24) is 0 Å². The Kier molecular flexibility index (Phi) is 5.09. The van der Waals surface area contributed by atoms with Gasteiger partial charge in [-0.05, 0) is 39.7 Å². The zero-order chi connectivity index (χ0) is 22.4. The fourth-order valence-corrected chi connectivity index (χ4v) is 4.13. The number of hydrogen-bond acceptors (Lipinski definition) is 3. The second kappa shape index (κ2) is 7.49. The third kappa shape index (κ3) is 3.93. The Labute approximate surface area is 185 Å². The summed E-state index contributed by atoms with van der Waals surface area (Å²) in [4.78, 5) is 0. The van der Waals surface area contributed by atoms with Crippen molar-refractivity contribution in [1.29, 1.82) is 0 Å². The topological polar surface area (TPSA) is 45.0 Å². The highest BCUT2D eigenvalue weighted by molar-refractivity contribution is 6.24. The van der Waals surface area contributed by atoms with Crippen LogP contribution in [0.5, 0.6) is 5.75 Å². The number of aromatic hydroxyl groups is 1. The van der Waals surface area contributed by atoms with Gasteiger partial charge in [0, 0.05) is 22.3 Å². The van der Waals surface area contributed by atoms with Crippen molar-refractivity contribution in [3.63, 3.8) is 0 Å². The lowest BCUT2D eigenvalue weighted by atomic mass is 9.78. The van der Waals surface area contributed by atoms with Gasteiger partial charge in [-0.25, -0.2) is 0 Å². The molecule has 0 saturated carbocycles. The van der Waals surface area contributed by atoms with Crippen molar-refractivity contribution >= 4 is 11.9 Å². The third-order valence-corrected chi connectivity index (χ3v) is 5.77. The van der Waals surface area contributed by atoms with Gasteiger partial charge >= 0.3 is 0 Å². The summed E-state index contributed by atoms with van der Waals surface area (Å²) < 4.78 is 0. The van der Waals surface area contributed by atoms with E-state index in [-0.39, 0.29) is 10.8 Å². The molecule has 1 N–H and O–H groups in total. The Morgan fingerprint density at radius 2 is 1.10 bits per heavy atom. The van der Waals surface area contributed by atoms with E-state index >= 15 is 0 Å². The molecule has 3 nitrogen and oxygen atoms in total. The number of phenols is 1. The molecule has 0 unspecified atom stereocenters. The maximum absolute atomic E-state index is 10.9. The molecule has 0 atom stereocenters. The minimum Gasteiger partial charge on any atom is -0.507 e. The quantitative estimate of drug-likeness (QED) is 0.285. The summed E-state index contributed by atoms with van der Waals surface area (Å²) in [5.41, 5.74) is 7.94. The summed E-state index contributed by atoms with van der Waals surface area (Å²) in [5.74, 6) is 0.377. The Hall–Kier alpha value is -3.20. The van der Waals surface area contributed by atoms with E-state index in [1.165, 1.54) is 11.1 Å². The molecule has 0 spiro atoms. The molecule has 1 aliphatic carbocycles. The molecular weight excluding hydrogens is 380 g/mol. The zero-order valence-electron chi connectivity index (χ0n) is 19.2. The first-order valence-electron chi connectivity index (χ1n) is 10.8. The number of rotatable bonds is 2. The minimum atomic E-state index is -0.177. The highest BCUT2D eigenvalue weighted by Crippen LogP contribution is 2.40. The summed E-state index contributed by atoms with van der Waals surface area (Å²) in [6.07, 6.45) is 1.79. The second-order valence-corrected chi connectivity index (χ2v) is 10.2. The van der Waals surface area contributed by atoms with Crippen LogP contribution < -0.4 is 0 Å². The van der Waals surface area contributed by atoms with E-state index in [9.17, 15) is 5.11 Å². The van der Waals surface area contributed by atoms with Gasteiger partial charge in [-0.2, -0.15) is 5.10 Å². The smallest absolute Gasteiger partial charge is 0.123 e. The van der Waals surface area contributed by atoms with Gasteiger partial charge < -0.3 is 5.11 Å². The van der Waals surface area contributed by atoms with Crippen molar-refractivity contribution in [2.75, 3.05) is 0 Å². The fraction of sp³-hybridized carbons (Fsp3) is 0.286. The Balaban J connectivity index is 1.79. The van der Waals surface area contributed by atoms with Gasteiger partial charge in [0.25, 0.3) is 0 Å². The Morgan fingerprint density at radius 1 is 0.677 bits per heavy atom. The first-order chi connectivity index (χ1) is 14.6. The van der Waals surface area contributed by atoms with E-state index in [1.807, 2.05) is 24.3 Å². The molecule has 0 amide bonds. The molecule has 0 radical (unpaired) electrons. The SMILES string of the molecule is CC(C)(C)c1cc(C=NN=C2c3ccccc3-c3ccccc32)cc(C(C)(C)C)c1O. The van der Waals surface area contributed by atoms with Crippen LogP contribution >= 0.6 is 0 Å².